The number of amides is 1. The summed E-state index contributed by atoms with van der Waals surface area (Å²) in [7, 11) is 0. The van der Waals surface area contributed by atoms with Gasteiger partial charge in [-0.05, 0) is 42.8 Å². The molecule has 2 aromatic carbocycles. The van der Waals surface area contributed by atoms with Gasteiger partial charge in [0.05, 0.1) is 10.2 Å². The Morgan fingerprint density at radius 3 is 2.71 bits per heavy atom. The Balaban J connectivity index is 1.60. The van der Waals surface area contributed by atoms with Crippen LogP contribution in [0, 0.1) is 0 Å². The van der Waals surface area contributed by atoms with Crippen molar-refractivity contribution in [2.45, 2.75) is 19.8 Å². The minimum atomic E-state index is -0.0845. The highest BCUT2D eigenvalue weighted by atomic mass is 32.1. The molecule has 0 fully saturated rings. The summed E-state index contributed by atoms with van der Waals surface area (Å²) < 4.78 is 6.70. The first-order chi connectivity index (χ1) is 11.8. The van der Waals surface area contributed by atoms with Crippen LogP contribution in [0.4, 0.5) is 0 Å². The largest absolute Gasteiger partial charge is 0.484 e. The van der Waals surface area contributed by atoms with Crippen molar-refractivity contribution >= 4 is 27.5 Å². The number of carbonyl (C=O) groups is 1. The molecule has 124 valence electrons. The molecule has 24 heavy (non-hydrogen) atoms. The highest BCUT2D eigenvalue weighted by Gasteiger charge is 2.07. The van der Waals surface area contributed by atoms with Crippen molar-refractivity contribution in [3.63, 3.8) is 0 Å². The van der Waals surface area contributed by atoms with Crippen molar-refractivity contribution in [2.24, 2.45) is 0 Å². The van der Waals surface area contributed by atoms with Gasteiger partial charge in [-0.1, -0.05) is 25.5 Å². The van der Waals surface area contributed by atoms with E-state index in [9.17, 15) is 4.79 Å². The number of para-hydroxylation sites is 1. The van der Waals surface area contributed by atoms with E-state index in [4.69, 9.17) is 4.74 Å². The zero-order valence-electron chi connectivity index (χ0n) is 13.6. The number of benzene rings is 2. The Morgan fingerprint density at radius 2 is 1.96 bits per heavy atom. The lowest BCUT2D eigenvalue weighted by atomic mass is 10.2. The SMILES string of the molecule is CCCCNC(=O)COc1ccc(-c2nc3ccccc3s2)cc1. The number of unbranched alkanes of at least 4 members (excludes halogenated alkanes) is 1. The number of rotatable bonds is 7. The Bertz CT molecular complexity index is 779. The standard InChI is InChI=1S/C19H20N2O2S/c1-2-3-12-20-18(22)13-23-15-10-8-14(9-11-15)19-21-16-6-4-5-7-17(16)24-19/h4-11H,2-3,12-13H2,1H3,(H,20,22). The number of hydrogen-bond donors (Lipinski definition) is 1. The van der Waals surface area contributed by atoms with Gasteiger partial charge in [0.1, 0.15) is 10.8 Å². The average Bonchev–Trinajstić information content (AvgIpc) is 3.05. The van der Waals surface area contributed by atoms with Gasteiger partial charge in [-0.25, -0.2) is 4.98 Å². The normalized spacial score (nSPS) is 10.7. The average molecular weight is 340 g/mol. The summed E-state index contributed by atoms with van der Waals surface area (Å²) in [5, 5.41) is 3.82. The molecule has 5 heteroatoms. The third-order valence-electron chi connectivity index (χ3n) is 3.62. The minimum Gasteiger partial charge on any atom is -0.484 e. The fraction of sp³-hybridized carbons (Fsp3) is 0.263. The van der Waals surface area contributed by atoms with Crippen molar-refractivity contribution in [3.05, 3.63) is 48.5 Å². The predicted octanol–water partition coefficient (Wildman–Crippen LogP) is 4.26. The van der Waals surface area contributed by atoms with Gasteiger partial charge < -0.3 is 10.1 Å². The van der Waals surface area contributed by atoms with Gasteiger partial charge >= 0.3 is 0 Å². The zero-order chi connectivity index (χ0) is 16.8. The van der Waals surface area contributed by atoms with E-state index >= 15 is 0 Å². The smallest absolute Gasteiger partial charge is 0.257 e. The first kappa shape index (κ1) is 16.5. The Kier molecular flexibility index (Phi) is 5.43. The van der Waals surface area contributed by atoms with Gasteiger partial charge in [0, 0.05) is 12.1 Å². The van der Waals surface area contributed by atoms with Crippen LogP contribution in [0.3, 0.4) is 0 Å². The van der Waals surface area contributed by atoms with Crippen LogP contribution < -0.4 is 10.1 Å². The fourth-order valence-electron chi connectivity index (χ4n) is 2.29. The van der Waals surface area contributed by atoms with Crippen molar-refractivity contribution in [2.75, 3.05) is 13.2 Å². The minimum absolute atomic E-state index is 0.0458. The van der Waals surface area contributed by atoms with Crippen LogP contribution in [0.2, 0.25) is 0 Å². The lowest BCUT2D eigenvalue weighted by Gasteiger charge is -2.07. The van der Waals surface area contributed by atoms with Gasteiger partial charge in [-0.2, -0.15) is 0 Å². The maximum Gasteiger partial charge on any atom is 0.257 e. The van der Waals surface area contributed by atoms with Crippen LogP contribution in [0.25, 0.3) is 20.8 Å². The van der Waals surface area contributed by atoms with Crippen molar-refractivity contribution < 1.29 is 9.53 Å². The van der Waals surface area contributed by atoms with E-state index < -0.39 is 0 Å². The third-order valence-corrected chi connectivity index (χ3v) is 4.70. The van der Waals surface area contributed by atoms with Crippen LogP contribution in [0.1, 0.15) is 19.8 Å². The molecule has 0 bridgehead atoms. The maximum absolute atomic E-state index is 11.6. The molecule has 0 aliphatic heterocycles. The molecule has 0 saturated heterocycles. The van der Waals surface area contributed by atoms with Crippen LogP contribution in [-0.4, -0.2) is 24.0 Å². The fourth-order valence-corrected chi connectivity index (χ4v) is 3.27. The highest BCUT2D eigenvalue weighted by Crippen LogP contribution is 2.30. The number of thiazole rings is 1. The first-order valence-corrected chi connectivity index (χ1v) is 8.93. The van der Waals surface area contributed by atoms with Crippen LogP contribution in [0.15, 0.2) is 48.5 Å². The molecule has 0 aliphatic carbocycles. The molecule has 0 radical (unpaired) electrons. The van der Waals surface area contributed by atoms with E-state index in [1.165, 1.54) is 4.70 Å². The number of aromatic nitrogens is 1. The zero-order valence-corrected chi connectivity index (χ0v) is 14.4. The number of carbonyl (C=O) groups excluding carboxylic acids is 1. The second kappa shape index (κ2) is 7.93. The molecule has 3 aromatic rings. The molecule has 1 aromatic heterocycles. The summed E-state index contributed by atoms with van der Waals surface area (Å²) in [5.74, 6) is 0.601. The summed E-state index contributed by atoms with van der Waals surface area (Å²) in [5.41, 5.74) is 2.07. The van der Waals surface area contributed by atoms with E-state index in [0.717, 1.165) is 28.9 Å². The van der Waals surface area contributed by atoms with E-state index in [1.54, 1.807) is 11.3 Å². The van der Waals surface area contributed by atoms with E-state index in [2.05, 4.69) is 23.3 Å². The van der Waals surface area contributed by atoms with Gasteiger partial charge in [0.25, 0.3) is 5.91 Å². The Labute approximate surface area is 145 Å². The molecule has 1 amide bonds. The number of hydrogen-bond acceptors (Lipinski definition) is 4. The van der Waals surface area contributed by atoms with E-state index in [0.29, 0.717) is 12.3 Å². The lowest BCUT2D eigenvalue weighted by molar-refractivity contribution is -0.123. The molecular weight excluding hydrogens is 320 g/mol. The summed E-state index contributed by atoms with van der Waals surface area (Å²) in [6, 6.07) is 15.8. The van der Waals surface area contributed by atoms with Crippen molar-refractivity contribution in [1.82, 2.24) is 10.3 Å². The van der Waals surface area contributed by atoms with E-state index in [1.807, 2.05) is 42.5 Å². The second-order valence-corrected chi connectivity index (χ2v) is 6.53. The predicted molar refractivity (Wildman–Crippen MR) is 98.5 cm³/mol. The molecule has 0 atom stereocenters. The monoisotopic (exact) mass is 340 g/mol. The summed E-state index contributed by atoms with van der Waals surface area (Å²) in [4.78, 5) is 16.3. The van der Waals surface area contributed by atoms with Gasteiger partial charge in [-0.15, -0.1) is 11.3 Å². The Morgan fingerprint density at radius 1 is 1.17 bits per heavy atom. The molecule has 4 nitrogen and oxygen atoms in total. The topological polar surface area (TPSA) is 51.2 Å². The first-order valence-electron chi connectivity index (χ1n) is 8.12. The third kappa shape index (κ3) is 4.11. The second-order valence-electron chi connectivity index (χ2n) is 5.50. The summed E-state index contributed by atoms with van der Waals surface area (Å²) >= 11 is 1.67. The van der Waals surface area contributed by atoms with Gasteiger partial charge in [0.2, 0.25) is 0 Å². The quantitative estimate of drug-likeness (QED) is 0.654. The van der Waals surface area contributed by atoms with Gasteiger partial charge in [-0.3, -0.25) is 4.79 Å². The molecule has 0 spiro atoms. The molecule has 1 heterocycles. The number of nitrogens with zero attached hydrogens (tertiary/aromatic N) is 1. The number of nitrogens with one attached hydrogen (secondary N) is 1. The van der Waals surface area contributed by atoms with Crippen molar-refractivity contribution in [3.8, 4) is 16.3 Å². The van der Waals surface area contributed by atoms with Crippen LogP contribution in [0.5, 0.6) is 5.75 Å². The molecular formula is C19H20N2O2S. The maximum atomic E-state index is 11.6. The lowest BCUT2D eigenvalue weighted by Crippen LogP contribution is -2.29. The van der Waals surface area contributed by atoms with E-state index in [-0.39, 0.29) is 12.5 Å². The molecule has 0 aliphatic rings. The summed E-state index contributed by atoms with van der Waals surface area (Å²) in [6.45, 7) is 2.84. The van der Waals surface area contributed by atoms with Crippen LogP contribution >= 0.6 is 11.3 Å². The molecule has 0 unspecified atom stereocenters. The van der Waals surface area contributed by atoms with Crippen LogP contribution in [-0.2, 0) is 4.79 Å². The Hall–Kier alpha value is -2.40. The molecule has 3 rings (SSSR count). The number of fused-ring (bicyclic) bond motifs is 1. The molecule has 1 N–H and O–H groups in total. The number of ether oxygens (including phenoxy) is 1. The highest BCUT2D eigenvalue weighted by molar-refractivity contribution is 7.21. The summed E-state index contributed by atoms with van der Waals surface area (Å²) in [6.07, 6.45) is 2.05. The van der Waals surface area contributed by atoms with Crippen molar-refractivity contribution in [1.29, 1.82) is 0 Å². The molecule has 0 saturated carbocycles. The van der Waals surface area contributed by atoms with Gasteiger partial charge in [0.15, 0.2) is 6.61 Å².